The van der Waals surface area contributed by atoms with Gasteiger partial charge in [0.25, 0.3) is 0 Å². The van der Waals surface area contributed by atoms with Gasteiger partial charge in [-0.25, -0.2) is 9.48 Å². The van der Waals surface area contributed by atoms with Gasteiger partial charge in [-0.15, -0.1) is 0 Å². The van der Waals surface area contributed by atoms with Gasteiger partial charge in [0, 0.05) is 19.7 Å². The van der Waals surface area contributed by atoms with Gasteiger partial charge in [-0.2, -0.15) is 10.1 Å². The number of nitrogens with one attached hydrogen (secondary N) is 2. The fraction of sp³-hybridized carbons (Fsp3) is 0.769. The number of amides is 2. The number of hydrogen-bond acceptors (Lipinski definition) is 4. The average Bonchev–Trinajstić information content (AvgIpc) is 2.85. The van der Waals surface area contributed by atoms with Crippen LogP contribution in [0.5, 0.6) is 0 Å². The molecule has 3 N–H and O–H groups in total. The first kappa shape index (κ1) is 14.8. The highest BCUT2D eigenvalue weighted by atomic mass is 16.3. The van der Waals surface area contributed by atoms with Crippen molar-refractivity contribution in [2.75, 3.05) is 11.9 Å². The summed E-state index contributed by atoms with van der Waals surface area (Å²) >= 11 is 0. The molecule has 2 rings (SSSR count). The number of urea groups is 1. The molecule has 1 saturated carbocycles. The zero-order valence-corrected chi connectivity index (χ0v) is 11.9. The molecule has 7 heteroatoms. The quantitative estimate of drug-likeness (QED) is 0.758. The van der Waals surface area contributed by atoms with Crippen LogP contribution in [0.4, 0.5) is 10.7 Å². The summed E-state index contributed by atoms with van der Waals surface area (Å²) in [5.41, 5.74) is 0. The number of hydrogen-bond donors (Lipinski definition) is 3. The summed E-state index contributed by atoms with van der Waals surface area (Å²) in [6.07, 6.45) is 7.91. The molecule has 0 aromatic carbocycles. The van der Waals surface area contributed by atoms with E-state index in [1.54, 1.807) is 7.05 Å². The van der Waals surface area contributed by atoms with E-state index in [-0.39, 0.29) is 18.7 Å². The minimum Gasteiger partial charge on any atom is -0.396 e. The van der Waals surface area contributed by atoms with Gasteiger partial charge in [0.05, 0.1) is 0 Å². The molecule has 0 bridgehead atoms. The Balaban J connectivity index is 1.89. The van der Waals surface area contributed by atoms with Gasteiger partial charge in [-0.1, -0.05) is 19.3 Å². The van der Waals surface area contributed by atoms with Gasteiger partial charge in [-0.3, -0.25) is 5.32 Å². The zero-order valence-electron chi connectivity index (χ0n) is 11.9. The average molecular weight is 281 g/mol. The summed E-state index contributed by atoms with van der Waals surface area (Å²) in [6.45, 7) is 0.0887. The molecule has 0 spiro atoms. The summed E-state index contributed by atoms with van der Waals surface area (Å²) in [5.74, 6) is 0.870. The van der Waals surface area contributed by atoms with Crippen molar-refractivity contribution in [1.82, 2.24) is 20.1 Å². The summed E-state index contributed by atoms with van der Waals surface area (Å²) in [7, 11) is 1.72. The molecule has 7 nitrogen and oxygen atoms in total. The van der Waals surface area contributed by atoms with Gasteiger partial charge >= 0.3 is 6.03 Å². The number of nitrogens with zero attached hydrogens (tertiary/aromatic N) is 3. The Bertz CT molecular complexity index is 428. The molecule has 112 valence electrons. The highest BCUT2D eigenvalue weighted by molar-refractivity contribution is 5.87. The van der Waals surface area contributed by atoms with E-state index in [4.69, 9.17) is 0 Å². The van der Waals surface area contributed by atoms with E-state index in [9.17, 15) is 9.90 Å². The lowest BCUT2D eigenvalue weighted by atomic mass is 9.83. The first-order chi connectivity index (χ1) is 9.70. The second kappa shape index (κ2) is 7.23. The SMILES string of the molecule is Cn1ncnc1NC(=O)NC(CCO)C1CCCCC1. The number of anilines is 1. The van der Waals surface area contributed by atoms with Crippen molar-refractivity contribution in [3.63, 3.8) is 0 Å². The van der Waals surface area contributed by atoms with E-state index in [2.05, 4.69) is 20.7 Å². The Morgan fingerprint density at radius 3 is 2.85 bits per heavy atom. The number of rotatable bonds is 5. The molecule has 1 unspecified atom stereocenters. The van der Waals surface area contributed by atoms with Crippen molar-refractivity contribution in [3.05, 3.63) is 6.33 Å². The molecule has 1 aliphatic carbocycles. The van der Waals surface area contributed by atoms with Crippen molar-refractivity contribution in [1.29, 1.82) is 0 Å². The molecule has 1 atom stereocenters. The second-order valence-corrected chi connectivity index (χ2v) is 5.32. The van der Waals surface area contributed by atoms with Crippen molar-refractivity contribution >= 4 is 12.0 Å². The third-order valence-electron chi connectivity index (χ3n) is 3.91. The number of aryl methyl sites for hydroxylation is 1. The van der Waals surface area contributed by atoms with Gasteiger partial charge in [-0.05, 0) is 25.2 Å². The molecule has 0 radical (unpaired) electrons. The van der Waals surface area contributed by atoms with Gasteiger partial charge < -0.3 is 10.4 Å². The number of carbonyl (C=O) groups excluding carboxylic acids is 1. The van der Waals surface area contributed by atoms with E-state index in [0.717, 1.165) is 12.8 Å². The van der Waals surface area contributed by atoms with E-state index in [0.29, 0.717) is 18.3 Å². The maximum absolute atomic E-state index is 12.0. The Morgan fingerprint density at radius 2 is 2.25 bits per heavy atom. The van der Waals surface area contributed by atoms with Gasteiger partial charge in [0.15, 0.2) is 0 Å². The van der Waals surface area contributed by atoms with Crippen LogP contribution < -0.4 is 10.6 Å². The van der Waals surface area contributed by atoms with Crippen LogP contribution in [0, 0.1) is 5.92 Å². The molecule has 0 aliphatic heterocycles. The molecule has 1 fully saturated rings. The van der Waals surface area contributed by atoms with E-state index in [1.807, 2.05) is 0 Å². The summed E-state index contributed by atoms with van der Waals surface area (Å²) < 4.78 is 1.50. The predicted molar refractivity (Wildman–Crippen MR) is 75.2 cm³/mol. The van der Waals surface area contributed by atoms with Crippen LogP contribution in [-0.2, 0) is 7.05 Å². The maximum Gasteiger partial charge on any atom is 0.321 e. The van der Waals surface area contributed by atoms with E-state index >= 15 is 0 Å². The Morgan fingerprint density at radius 1 is 1.50 bits per heavy atom. The zero-order chi connectivity index (χ0) is 14.4. The van der Waals surface area contributed by atoms with Crippen molar-refractivity contribution in [2.24, 2.45) is 13.0 Å². The third kappa shape index (κ3) is 3.93. The lowest BCUT2D eigenvalue weighted by molar-refractivity contribution is 0.202. The number of aliphatic hydroxyl groups is 1. The highest BCUT2D eigenvalue weighted by Crippen LogP contribution is 2.27. The minimum absolute atomic E-state index is 0.0218. The van der Waals surface area contributed by atoms with Crippen LogP contribution >= 0.6 is 0 Å². The lowest BCUT2D eigenvalue weighted by Gasteiger charge is -2.30. The molecule has 1 aromatic heterocycles. The van der Waals surface area contributed by atoms with Crippen LogP contribution in [0.1, 0.15) is 38.5 Å². The minimum atomic E-state index is -0.287. The Kier molecular flexibility index (Phi) is 5.34. The third-order valence-corrected chi connectivity index (χ3v) is 3.91. The molecule has 0 saturated heterocycles. The first-order valence-corrected chi connectivity index (χ1v) is 7.23. The summed E-state index contributed by atoms with van der Waals surface area (Å²) in [5, 5.41) is 18.7. The topological polar surface area (TPSA) is 92.1 Å². The fourth-order valence-corrected chi connectivity index (χ4v) is 2.82. The number of aliphatic hydroxyl groups excluding tert-OH is 1. The van der Waals surface area contributed by atoms with Crippen LogP contribution in [0.25, 0.3) is 0 Å². The number of carbonyl (C=O) groups is 1. The lowest BCUT2D eigenvalue weighted by Crippen LogP contribution is -2.44. The van der Waals surface area contributed by atoms with Gasteiger partial charge in [0.1, 0.15) is 6.33 Å². The summed E-state index contributed by atoms with van der Waals surface area (Å²) in [4.78, 5) is 16.0. The van der Waals surface area contributed by atoms with Crippen LogP contribution in [0.2, 0.25) is 0 Å². The number of aromatic nitrogens is 3. The molecular formula is C13H23N5O2. The van der Waals surface area contributed by atoms with Crippen molar-refractivity contribution in [2.45, 2.75) is 44.6 Å². The van der Waals surface area contributed by atoms with Crippen LogP contribution in [0.3, 0.4) is 0 Å². The molecule has 20 heavy (non-hydrogen) atoms. The molecule has 1 heterocycles. The molecule has 2 amide bonds. The molecule has 1 aromatic rings. The van der Waals surface area contributed by atoms with Gasteiger partial charge in [0.2, 0.25) is 5.95 Å². The normalized spacial score (nSPS) is 17.7. The van der Waals surface area contributed by atoms with E-state index in [1.165, 1.54) is 30.3 Å². The first-order valence-electron chi connectivity index (χ1n) is 7.23. The van der Waals surface area contributed by atoms with Crippen LogP contribution in [0.15, 0.2) is 6.33 Å². The monoisotopic (exact) mass is 281 g/mol. The summed E-state index contributed by atoms with van der Waals surface area (Å²) in [6, 6.07) is -0.265. The van der Waals surface area contributed by atoms with Crippen LogP contribution in [-0.4, -0.2) is 38.6 Å². The Labute approximate surface area is 118 Å². The Hall–Kier alpha value is -1.63. The predicted octanol–water partition coefficient (Wildman–Crippen LogP) is 1.27. The smallest absolute Gasteiger partial charge is 0.321 e. The second-order valence-electron chi connectivity index (χ2n) is 5.32. The highest BCUT2D eigenvalue weighted by Gasteiger charge is 2.25. The molecular weight excluding hydrogens is 258 g/mol. The fourth-order valence-electron chi connectivity index (χ4n) is 2.82. The molecule has 1 aliphatic rings. The van der Waals surface area contributed by atoms with Crippen molar-refractivity contribution < 1.29 is 9.90 Å². The maximum atomic E-state index is 12.0. The largest absolute Gasteiger partial charge is 0.396 e. The van der Waals surface area contributed by atoms with Crippen molar-refractivity contribution in [3.8, 4) is 0 Å². The van der Waals surface area contributed by atoms with E-state index < -0.39 is 0 Å². The standard InChI is InChI=1S/C13H23N5O2/c1-18-12(14-9-15-18)17-13(20)16-11(7-8-19)10-5-3-2-4-6-10/h9-11,19H,2-8H2,1H3,(H2,14,15,16,17,20).